The normalized spacial score (nSPS) is 10.9. The molecular formula is C7H9N3O4S. The van der Waals surface area contributed by atoms with E-state index >= 15 is 0 Å². The summed E-state index contributed by atoms with van der Waals surface area (Å²) in [4.78, 5) is 11.7. The fourth-order valence-electron chi connectivity index (χ4n) is 0.817. The van der Waals surface area contributed by atoms with Crippen molar-refractivity contribution in [2.75, 3.05) is 5.73 Å². The number of nitrogen functional groups attached to an aromatic ring is 1. The number of hydrazine groups is 1. The van der Waals surface area contributed by atoms with Crippen molar-refractivity contribution >= 4 is 21.8 Å². The molecule has 1 aromatic rings. The molecule has 0 saturated heterocycles. The minimum absolute atomic E-state index is 0.0783. The van der Waals surface area contributed by atoms with Gasteiger partial charge in [0, 0.05) is 5.69 Å². The molecule has 0 heterocycles. The molecule has 0 saturated carbocycles. The second kappa shape index (κ2) is 4.15. The number of anilines is 1. The fourth-order valence-corrected chi connectivity index (χ4v) is 1.65. The Bertz CT molecular complexity index is 454. The summed E-state index contributed by atoms with van der Waals surface area (Å²) in [5, 5.41) is 8.21. The van der Waals surface area contributed by atoms with Crippen LogP contribution in [0.15, 0.2) is 29.2 Å². The van der Waals surface area contributed by atoms with E-state index in [2.05, 4.69) is 0 Å². The third-order valence-electron chi connectivity index (χ3n) is 1.48. The van der Waals surface area contributed by atoms with Crippen LogP contribution in [0, 0.1) is 0 Å². The Morgan fingerprint density at radius 3 is 2.27 bits per heavy atom. The first-order valence-corrected chi connectivity index (χ1v) is 5.26. The van der Waals surface area contributed by atoms with E-state index < -0.39 is 16.1 Å². The molecule has 0 bridgehead atoms. The number of hydrogen-bond acceptors (Lipinski definition) is 4. The van der Waals surface area contributed by atoms with Gasteiger partial charge in [-0.2, -0.15) is 0 Å². The number of rotatable bonds is 3. The third kappa shape index (κ3) is 3.11. The maximum Gasteiger partial charge on any atom is 0.420 e. The van der Waals surface area contributed by atoms with Gasteiger partial charge in [-0.05, 0) is 24.3 Å². The molecule has 8 heteroatoms. The molecule has 7 nitrogen and oxygen atoms in total. The second-order valence-corrected chi connectivity index (χ2v) is 4.29. The first-order chi connectivity index (χ1) is 6.92. The molecule has 5 N–H and O–H groups in total. The largest absolute Gasteiger partial charge is 0.464 e. The Hall–Kier alpha value is -1.80. The lowest BCUT2D eigenvalue weighted by atomic mass is 10.3. The molecule has 0 aromatic heterocycles. The van der Waals surface area contributed by atoms with Crippen molar-refractivity contribution in [1.29, 1.82) is 0 Å². The van der Waals surface area contributed by atoms with E-state index in [-0.39, 0.29) is 4.90 Å². The van der Waals surface area contributed by atoms with E-state index in [0.717, 1.165) is 0 Å². The predicted molar refractivity (Wildman–Crippen MR) is 52.3 cm³/mol. The summed E-state index contributed by atoms with van der Waals surface area (Å²) >= 11 is 0. The first-order valence-electron chi connectivity index (χ1n) is 3.78. The fraction of sp³-hybridized carbons (Fsp3) is 0. The van der Waals surface area contributed by atoms with Crippen LogP contribution in [0.2, 0.25) is 0 Å². The lowest BCUT2D eigenvalue weighted by molar-refractivity contribution is 0.192. The Balaban J connectivity index is 2.87. The van der Waals surface area contributed by atoms with Gasteiger partial charge in [0.1, 0.15) is 0 Å². The van der Waals surface area contributed by atoms with Crippen LogP contribution in [-0.4, -0.2) is 19.6 Å². The minimum atomic E-state index is -3.87. The zero-order valence-electron chi connectivity index (χ0n) is 7.47. The van der Waals surface area contributed by atoms with Crippen LogP contribution in [0.5, 0.6) is 0 Å². The number of sulfonamides is 1. The SMILES string of the molecule is Nc1ccc(S(=O)(=O)NNC(=O)O)cc1. The summed E-state index contributed by atoms with van der Waals surface area (Å²) in [6.07, 6.45) is -1.49. The molecule has 1 aromatic carbocycles. The Labute approximate surface area is 85.9 Å². The molecule has 0 aliphatic rings. The maximum atomic E-state index is 11.4. The lowest BCUT2D eigenvalue weighted by Gasteiger charge is -2.05. The van der Waals surface area contributed by atoms with Crippen molar-refractivity contribution in [2.45, 2.75) is 4.90 Å². The van der Waals surface area contributed by atoms with Crippen LogP contribution in [0.25, 0.3) is 0 Å². The number of carboxylic acid groups (broad SMARTS) is 1. The molecule has 0 aliphatic carbocycles. The van der Waals surface area contributed by atoms with Gasteiger partial charge >= 0.3 is 6.09 Å². The van der Waals surface area contributed by atoms with E-state index in [1.165, 1.54) is 24.3 Å². The van der Waals surface area contributed by atoms with Gasteiger partial charge in [0.2, 0.25) is 0 Å². The van der Waals surface area contributed by atoms with Gasteiger partial charge in [-0.1, -0.05) is 0 Å². The highest BCUT2D eigenvalue weighted by Crippen LogP contribution is 2.10. The monoisotopic (exact) mass is 231 g/mol. The first kappa shape index (κ1) is 11.3. The Morgan fingerprint density at radius 2 is 1.80 bits per heavy atom. The standard InChI is InChI=1S/C7H9N3O4S/c8-5-1-3-6(4-2-5)15(13,14)10-9-7(11)12/h1-4,9-10H,8H2,(H,11,12). The van der Waals surface area contributed by atoms with Gasteiger partial charge in [0.15, 0.2) is 0 Å². The number of nitrogens with one attached hydrogen (secondary N) is 2. The highest BCUT2D eigenvalue weighted by atomic mass is 32.2. The molecule has 0 aliphatic heterocycles. The van der Waals surface area contributed by atoms with Gasteiger partial charge in [-0.3, -0.25) is 0 Å². The van der Waals surface area contributed by atoms with Crippen molar-refractivity contribution in [3.63, 3.8) is 0 Å². The van der Waals surface area contributed by atoms with E-state index in [4.69, 9.17) is 10.8 Å². The predicted octanol–water partition coefficient (Wildman–Crippen LogP) is -0.270. The smallest absolute Gasteiger partial charge is 0.420 e. The van der Waals surface area contributed by atoms with E-state index in [1.807, 2.05) is 0 Å². The van der Waals surface area contributed by atoms with Crippen molar-refractivity contribution in [2.24, 2.45) is 0 Å². The van der Waals surface area contributed by atoms with E-state index in [0.29, 0.717) is 5.69 Å². The molecule has 0 radical (unpaired) electrons. The zero-order valence-corrected chi connectivity index (χ0v) is 8.28. The molecule has 0 fully saturated rings. The van der Waals surface area contributed by atoms with E-state index in [9.17, 15) is 13.2 Å². The summed E-state index contributed by atoms with van der Waals surface area (Å²) < 4.78 is 22.7. The molecule has 82 valence electrons. The Kier molecular flexibility index (Phi) is 3.12. The molecular weight excluding hydrogens is 222 g/mol. The summed E-state index contributed by atoms with van der Waals surface area (Å²) in [6, 6.07) is 5.33. The van der Waals surface area contributed by atoms with Crippen molar-refractivity contribution in [3.8, 4) is 0 Å². The van der Waals surface area contributed by atoms with Crippen LogP contribution in [-0.2, 0) is 10.0 Å². The summed E-state index contributed by atoms with van der Waals surface area (Å²) in [7, 11) is -3.87. The molecule has 0 atom stereocenters. The number of carbonyl (C=O) groups is 1. The summed E-state index contributed by atoms with van der Waals surface area (Å²) in [6.45, 7) is 0. The van der Waals surface area contributed by atoms with Gasteiger partial charge in [0.25, 0.3) is 10.0 Å². The average molecular weight is 231 g/mol. The van der Waals surface area contributed by atoms with Crippen molar-refractivity contribution < 1.29 is 18.3 Å². The average Bonchev–Trinajstić information content (AvgIpc) is 2.16. The lowest BCUT2D eigenvalue weighted by Crippen LogP contribution is -2.40. The van der Waals surface area contributed by atoms with Crippen LogP contribution in [0.4, 0.5) is 10.5 Å². The highest BCUT2D eigenvalue weighted by Gasteiger charge is 2.13. The van der Waals surface area contributed by atoms with Gasteiger partial charge in [-0.25, -0.2) is 18.6 Å². The summed E-state index contributed by atoms with van der Waals surface area (Å²) in [5.74, 6) is 0. The van der Waals surface area contributed by atoms with Gasteiger partial charge in [-0.15, -0.1) is 4.83 Å². The van der Waals surface area contributed by atoms with E-state index in [1.54, 1.807) is 10.3 Å². The summed E-state index contributed by atoms with van der Waals surface area (Å²) in [5.41, 5.74) is 7.33. The zero-order chi connectivity index (χ0) is 11.5. The Morgan fingerprint density at radius 1 is 1.27 bits per heavy atom. The third-order valence-corrected chi connectivity index (χ3v) is 2.75. The van der Waals surface area contributed by atoms with Crippen molar-refractivity contribution in [3.05, 3.63) is 24.3 Å². The van der Waals surface area contributed by atoms with Crippen LogP contribution < -0.4 is 16.0 Å². The number of benzene rings is 1. The second-order valence-electron chi connectivity index (χ2n) is 2.60. The van der Waals surface area contributed by atoms with Crippen LogP contribution >= 0.6 is 0 Å². The molecule has 1 rings (SSSR count). The molecule has 15 heavy (non-hydrogen) atoms. The number of hydrogen-bond donors (Lipinski definition) is 4. The van der Waals surface area contributed by atoms with Gasteiger partial charge in [0.05, 0.1) is 4.90 Å². The highest BCUT2D eigenvalue weighted by molar-refractivity contribution is 7.89. The van der Waals surface area contributed by atoms with Crippen LogP contribution in [0.3, 0.4) is 0 Å². The maximum absolute atomic E-state index is 11.4. The quantitative estimate of drug-likeness (QED) is 0.421. The van der Waals surface area contributed by atoms with Crippen LogP contribution in [0.1, 0.15) is 0 Å². The minimum Gasteiger partial charge on any atom is -0.464 e. The number of nitrogens with two attached hydrogens (primary N) is 1. The number of amides is 1. The molecule has 1 amide bonds. The van der Waals surface area contributed by atoms with Crippen molar-refractivity contribution in [1.82, 2.24) is 10.3 Å². The molecule has 0 spiro atoms. The topological polar surface area (TPSA) is 122 Å². The van der Waals surface area contributed by atoms with Gasteiger partial charge < -0.3 is 10.8 Å². The molecule has 0 unspecified atom stereocenters.